The van der Waals surface area contributed by atoms with E-state index in [0.29, 0.717) is 6.42 Å². The Hall–Kier alpha value is -1.30. The third-order valence-electron chi connectivity index (χ3n) is 9.74. The smallest absolute Gasteiger partial charge is 0.306 e. The van der Waals surface area contributed by atoms with Crippen LogP contribution in [-0.4, -0.2) is 89.0 Å². The molecular formula is C40H76O10. The van der Waals surface area contributed by atoms with Crippen LogP contribution in [0.5, 0.6) is 0 Å². The molecule has 0 aromatic heterocycles. The first kappa shape index (κ1) is 46.7. The molecule has 1 aliphatic rings. The van der Waals surface area contributed by atoms with Crippen LogP contribution in [0, 0.1) is 0 Å². The standard InChI is InChI=1S/C40H76O10/c1-3-5-7-9-11-13-14-15-16-17-18-19-20-21-23-25-27-29-36(43)49-33(31-47-35(42)28-26-24-22-12-10-8-6-4-2)32-48-40-39(46)38(45)37(44)34(30-41)50-40/h33-34,37-41,44-46H,3-32H2,1-2H3/t33-,34-,37+,38?,39?,40-/m1/s1. The monoisotopic (exact) mass is 717 g/mol. The third-order valence-corrected chi connectivity index (χ3v) is 9.74. The Morgan fingerprint density at radius 2 is 0.940 bits per heavy atom. The van der Waals surface area contributed by atoms with Crippen LogP contribution in [0.2, 0.25) is 0 Å². The van der Waals surface area contributed by atoms with Crippen LogP contribution < -0.4 is 0 Å². The zero-order chi connectivity index (χ0) is 36.7. The van der Waals surface area contributed by atoms with Gasteiger partial charge in [-0.2, -0.15) is 0 Å². The number of rotatable bonds is 34. The lowest BCUT2D eigenvalue weighted by Crippen LogP contribution is -2.59. The molecule has 296 valence electrons. The third kappa shape index (κ3) is 24.0. The first-order valence-corrected chi connectivity index (χ1v) is 20.6. The number of unbranched alkanes of at least 4 members (excludes halogenated alkanes) is 23. The van der Waals surface area contributed by atoms with Gasteiger partial charge in [0, 0.05) is 12.8 Å². The Morgan fingerprint density at radius 3 is 1.36 bits per heavy atom. The highest BCUT2D eigenvalue weighted by Gasteiger charge is 2.44. The summed E-state index contributed by atoms with van der Waals surface area (Å²) in [6.45, 7) is 3.40. The molecule has 1 heterocycles. The highest BCUT2D eigenvalue weighted by molar-refractivity contribution is 5.70. The predicted molar refractivity (Wildman–Crippen MR) is 197 cm³/mol. The number of aliphatic hydroxyl groups is 4. The quantitative estimate of drug-likeness (QED) is 0.0383. The number of hydrogen-bond donors (Lipinski definition) is 4. The van der Waals surface area contributed by atoms with Crippen molar-refractivity contribution < 1.29 is 49.0 Å². The molecule has 0 saturated carbocycles. The van der Waals surface area contributed by atoms with E-state index in [0.717, 1.165) is 38.5 Å². The van der Waals surface area contributed by atoms with Crippen LogP contribution in [0.25, 0.3) is 0 Å². The minimum atomic E-state index is -1.59. The van der Waals surface area contributed by atoms with E-state index in [4.69, 9.17) is 18.9 Å². The summed E-state index contributed by atoms with van der Waals surface area (Å²) in [6.07, 6.45) is 22.7. The van der Waals surface area contributed by atoms with Crippen molar-refractivity contribution in [3.8, 4) is 0 Å². The molecule has 2 unspecified atom stereocenters. The van der Waals surface area contributed by atoms with Crippen molar-refractivity contribution in [1.29, 1.82) is 0 Å². The van der Waals surface area contributed by atoms with Gasteiger partial charge in [-0.25, -0.2) is 0 Å². The van der Waals surface area contributed by atoms with E-state index in [2.05, 4.69) is 13.8 Å². The molecule has 0 aromatic rings. The van der Waals surface area contributed by atoms with Gasteiger partial charge in [0.1, 0.15) is 31.0 Å². The van der Waals surface area contributed by atoms with Crippen LogP contribution in [-0.2, 0) is 28.5 Å². The molecule has 0 aliphatic carbocycles. The molecule has 10 heteroatoms. The van der Waals surface area contributed by atoms with Gasteiger partial charge in [0.2, 0.25) is 0 Å². The second kappa shape index (κ2) is 32.4. The summed E-state index contributed by atoms with van der Waals surface area (Å²) in [7, 11) is 0. The largest absolute Gasteiger partial charge is 0.462 e. The Labute approximate surface area is 304 Å². The Balaban J connectivity index is 2.31. The summed E-state index contributed by atoms with van der Waals surface area (Å²) >= 11 is 0. The summed E-state index contributed by atoms with van der Waals surface area (Å²) in [5.41, 5.74) is 0. The normalized spacial score (nSPS) is 21.3. The molecule has 50 heavy (non-hydrogen) atoms. The Bertz CT molecular complexity index is 794. The molecule has 1 saturated heterocycles. The molecule has 0 bridgehead atoms. The van der Waals surface area contributed by atoms with Crippen LogP contribution >= 0.6 is 0 Å². The van der Waals surface area contributed by atoms with Crippen molar-refractivity contribution in [2.45, 2.75) is 224 Å². The Kier molecular flexibility index (Phi) is 30.2. The van der Waals surface area contributed by atoms with Gasteiger partial charge < -0.3 is 39.4 Å². The van der Waals surface area contributed by atoms with Crippen molar-refractivity contribution in [1.82, 2.24) is 0 Å². The zero-order valence-electron chi connectivity index (χ0n) is 31.9. The summed E-state index contributed by atoms with van der Waals surface area (Å²) in [6, 6.07) is 0. The molecule has 4 N–H and O–H groups in total. The Morgan fingerprint density at radius 1 is 0.540 bits per heavy atom. The van der Waals surface area contributed by atoms with Gasteiger partial charge in [-0.05, 0) is 12.8 Å². The molecule has 1 aliphatic heterocycles. The SMILES string of the molecule is CCCCCCCCCCCCCCCCCCCC(=O)O[C@H](COC(=O)CCCCCCCCCC)CO[C@@H]1O[C@H](CO)[C@H](O)C(O)C1O. The van der Waals surface area contributed by atoms with Gasteiger partial charge in [-0.3, -0.25) is 9.59 Å². The molecule has 0 aromatic carbocycles. The first-order valence-electron chi connectivity index (χ1n) is 20.6. The lowest BCUT2D eigenvalue weighted by molar-refractivity contribution is -0.305. The summed E-state index contributed by atoms with van der Waals surface area (Å²) in [5.74, 6) is -0.800. The van der Waals surface area contributed by atoms with Gasteiger partial charge in [0.15, 0.2) is 12.4 Å². The first-order chi connectivity index (χ1) is 24.3. The second-order valence-electron chi connectivity index (χ2n) is 14.5. The van der Waals surface area contributed by atoms with Crippen molar-refractivity contribution in [2.75, 3.05) is 19.8 Å². The van der Waals surface area contributed by atoms with E-state index >= 15 is 0 Å². The van der Waals surface area contributed by atoms with Crippen LogP contribution in [0.3, 0.4) is 0 Å². The van der Waals surface area contributed by atoms with E-state index in [-0.39, 0.29) is 32.0 Å². The fourth-order valence-electron chi connectivity index (χ4n) is 6.42. The lowest BCUT2D eigenvalue weighted by Gasteiger charge is -2.39. The maximum atomic E-state index is 12.7. The number of hydrogen-bond acceptors (Lipinski definition) is 10. The van der Waals surface area contributed by atoms with E-state index in [1.807, 2.05) is 0 Å². The molecule has 6 atom stereocenters. The van der Waals surface area contributed by atoms with E-state index < -0.39 is 49.4 Å². The number of carbonyl (C=O) groups is 2. The lowest BCUT2D eigenvalue weighted by atomic mass is 9.99. The highest BCUT2D eigenvalue weighted by atomic mass is 16.7. The van der Waals surface area contributed by atoms with Gasteiger partial charge in [0.25, 0.3) is 0 Å². The van der Waals surface area contributed by atoms with Gasteiger partial charge in [0.05, 0.1) is 13.2 Å². The van der Waals surface area contributed by atoms with Crippen LogP contribution in [0.1, 0.15) is 187 Å². The van der Waals surface area contributed by atoms with Crippen molar-refractivity contribution in [2.24, 2.45) is 0 Å². The van der Waals surface area contributed by atoms with E-state index in [1.165, 1.54) is 116 Å². The van der Waals surface area contributed by atoms with E-state index in [9.17, 15) is 30.0 Å². The van der Waals surface area contributed by atoms with Crippen molar-refractivity contribution in [3.63, 3.8) is 0 Å². The maximum absolute atomic E-state index is 12.7. The van der Waals surface area contributed by atoms with Crippen LogP contribution in [0.15, 0.2) is 0 Å². The predicted octanol–water partition coefficient (Wildman–Crippen LogP) is 7.83. The number of ether oxygens (including phenoxy) is 4. The average Bonchev–Trinajstić information content (AvgIpc) is 3.11. The average molecular weight is 717 g/mol. The summed E-state index contributed by atoms with van der Waals surface area (Å²) < 4.78 is 22.0. The van der Waals surface area contributed by atoms with E-state index in [1.54, 1.807) is 0 Å². The molecule has 1 rings (SSSR count). The molecule has 1 fully saturated rings. The van der Waals surface area contributed by atoms with Crippen molar-refractivity contribution in [3.05, 3.63) is 0 Å². The molecular weight excluding hydrogens is 640 g/mol. The molecule has 10 nitrogen and oxygen atoms in total. The number of aliphatic hydroxyl groups excluding tert-OH is 4. The minimum Gasteiger partial charge on any atom is -0.462 e. The highest BCUT2D eigenvalue weighted by Crippen LogP contribution is 2.23. The van der Waals surface area contributed by atoms with Gasteiger partial charge >= 0.3 is 11.9 Å². The maximum Gasteiger partial charge on any atom is 0.306 e. The van der Waals surface area contributed by atoms with Crippen LogP contribution in [0.4, 0.5) is 0 Å². The zero-order valence-corrected chi connectivity index (χ0v) is 31.9. The minimum absolute atomic E-state index is 0.210. The van der Waals surface area contributed by atoms with Crippen molar-refractivity contribution >= 4 is 11.9 Å². The molecule has 0 radical (unpaired) electrons. The molecule has 0 spiro atoms. The van der Waals surface area contributed by atoms with Gasteiger partial charge in [-0.15, -0.1) is 0 Å². The fourth-order valence-corrected chi connectivity index (χ4v) is 6.42. The fraction of sp³-hybridized carbons (Fsp3) is 0.950. The second-order valence-corrected chi connectivity index (χ2v) is 14.5. The molecule has 0 amide bonds. The van der Waals surface area contributed by atoms with Gasteiger partial charge in [-0.1, -0.05) is 162 Å². The summed E-state index contributed by atoms with van der Waals surface area (Å²) in [5, 5.41) is 39.9. The number of esters is 2. The topological polar surface area (TPSA) is 152 Å². The summed E-state index contributed by atoms with van der Waals surface area (Å²) in [4.78, 5) is 25.1. The number of carbonyl (C=O) groups excluding carboxylic acids is 2.